The number of amidine groups is 1. The first-order chi connectivity index (χ1) is 14.0. The number of hydrogen-bond donors (Lipinski definition) is 1. The van der Waals surface area contributed by atoms with E-state index in [4.69, 9.17) is 4.74 Å². The normalized spacial score (nSPS) is 16.4. The molecular formula is C23H21N3O2S. The number of benzene rings is 2. The number of aryl methyl sites for hydroxylation is 2. The summed E-state index contributed by atoms with van der Waals surface area (Å²) in [6, 6.07) is 17.8. The Hall–Kier alpha value is -3.25. The van der Waals surface area contributed by atoms with E-state index in [2.05, 4.69) is 20.9 Å². The summed E-state index contributed by atoms with van der Waals surface area (Å²) in [6.07, 6.45) is 3.92. The fourth-order valence-corrected chi connectivity index (χ4v) is 3.96. The van der Waals surface area contributed by atoms with Crippen molar-refractivity contribution < 1.29 is 9.53 Å². The van der Waals surface area contributed by atoms with Crippen molar-refractivity contribution in [3.8, 4) is 11.4 Å². The number of carbonyl (C=O) groups excluding carboxylic acids is 1. The summed E-state index contributed by atoms with van der Waals surface area (Å²) >= 11 is 1.36. The number of carbonyl (C=O) groups is 1. The molecule has 1 fully saturated rings. The SMILES string of the molecule is COc1ccc(-n2cc(/C=C3/SC(=Nc4ccccc4C)NC3=O)cc2C)cc1. The fourth-order valence-electron chi connectivity index (χ4n) is 3.13. The van der Waals surface area contributed by atoms with Gasteiger partial charge in [-0.15, -0.1) is 0 Å². The van der Waals surface area contributed by atoms with Gasteiger partial charge in [0.05, 0.1) is 17.7 Å². The molecule has 2 aromatic carbocycles. The smallest absolute Gasteiger partial charge is 0.264 e. The van der Waals surface area contributed by atoms with Gasteiger partial charge in [0.2, 0.25) is 0 Å². The molecule has 0 atom stereocenters. The van der Waals surface area contributed by atoms with Gasteiger partial charge in [-0.2, -0.15) is 0 Å². The maximum absolute atomic E-state index is 12.4. The molecule has 3 aromatic rings. The minimum absolute atomic E-state index is 0.128. The number of aromatic nitrogens is 1. The molecule has 0 bridgehead atoms. The van der Waals surface area contributed by atoms with Crippen LogP contribution in [0.3, 0.4) is 0 Å². The molecule has 4 rings (SSSR count). The van der Waals surface area contributed by atoms with Crippen LogP contribution in [-0.4, -0.2) is 22.8 Å². The van der Waals surface area contributed by atoms with E-state index in [1.54, 1.807) is 7.11 Å². The summed E-state index contributed by atoms with van der Waals surface area (Å²) in [6.45, 7) is 4.04. The second kappa shape index (κ2) is 8.01. The first-order valence-electron chi connectivity index (χ1n) is 9.22. The van der Waals surface area contributed by atoms with E-state index in [9.17, 15) is 4.79 Å². The molecule has 0 unspecified atom stereocenters. The Kier molecular flexibility index (Phi) is 5.27. The highest BCUT2D eigenvalue weighted by Crippen LogP contribution is 2.30. The number of ether oxygens (including phenoxy) is 1. The number of hydrogen-bond acceptors (Lipinski definition) is 4. The third kappa shape index (κ3) is 4.12. The number of nitrogens with zero attached hydrogens (tertiary/aromatic N) is 2. The Bertz CT molecular complexity index is 1130. The zero-order valence-corrected chi connectivity index (χ0v) is 17.3. The standard InChI is InChI=1S/C23H21N3O2S/c1-15-6-4-5-7-20(15)24-23-25-22(27)21(29-23)13-17-12-16(2)26(14-17)18-8-10-19(28-3)11-9-18/h4-14H,1-3H3,(H,24,25,27)/b21-13+. The first kappa shape index (κ1) is 19.1. The van der Waals surface area contributed by atoms with Crippen LogP contribution >= 0.6 is 11.8 Å². The van der Waals surface area contributed by atoms with E-state index in [0.717, 1.165) is 33.9 Å². The summed E-state index contributed by atoms with van der Waals surface area (Å²) in [7, 11) is 1.65. The van der Waals surface area contributed by atoms with Crippen LogP contribution in [0.1, 0.15) is 16.8 Å². The number of thioether (sulfide) groups is 1. The van der Waals surface area contributed by atoms with Crippen LogP contribution in [0.5, 0.6) is 5.75 Å². The van der Waals surface area contributed by atoms with Gasteiger partial charge < -0.3 is 14.6 Å². The second-order valence-electron chi connectivity index (χ2n) is 6.75. The van der Waals surface area contributed by atoms with Crippen LogP contribution in [0, 0.1) is 13.8 Å². The average molecular weight is 404 g/mol. The highest BCUT2D eigenvalue weighted by atomic mass is 32.2. The molecule has 2 heterocycles. The predicted octanol–water partition coefficient (Wildman–Crippen LogP) is 4.99. The van der Waals surface area contributed by atoms with Crippen molar-refractivity contribution in [2.45, 2.75) is 13.8 Å². The second-order valence-corrected chi connectivity index (χ2v) is 7.78. The zero-order chi connectivity index (χ0) is 20.4. The van der Waals surface area contributed by atoms with Gasteiger partial charge in [0.15, 0.2) is 5.17 Å². The molecule has 1 N–H and O–H groups in total. The quantitative estimate of drug-likeness (QED) is 0.624. The molecule has 0 aliphatic carbocycles. The number of amides is 1. The van der Waals surface area contributed by atoms with Crippen molar-refractivity contribution in [1.29, 1.82) is 0 Å². The monoisotopic (exact) mass is 403 g/mol. The molecule has 29 heavy (non-hydrogen) atoms. The molecule has 0 spiro atoms. The lowest BCUT2D eigenvalue weighted by Gasteiger charge is -2.06. The molecule has 5 nitrogen and oxygen atoms in total. The van der Waals surface area contributed by atoms with E-state index in [1.807, 2.05) is 74.7 Å². The number of nitrogens with one attached hydrogen (secondary N) is 1. The van der Waals surface area contributed by atoms with E-state index in [-0.39, 0.29) is 5.91 Å². The maximum Gasteiger partial charge on any atom is 0.264 e. The molecule has 1 aliphatic rings. The highest BCUT2D eigenvalue weighted by molar-refractivity contribution is 8.18. The van der Waals surface area contributed by atoms with Crippen LogP contribution in [0.2, 0.25) is 0 Å². The number of aliphatic imine (C=N–C) groups is 1. The molecule has 0 radical (unpaired) electrons. The molecule has 1 amide bonds. The van der Waals surface area contributed by atoms with E-state index >= 15 is 0 Å². The zero-order valence-electron chi connectivity index (χ0n) is 16.5. The third-order valence-electron chi connectivity index (χ3n) is 4.67. The van der Waals surface area contributed by atoms with Gasteiger partial charge in [-0.05, 0) is 79.2 Å². The predicted molar refractivity (Wildman–Crippen MR) is 119 cm³/mol. The highest BCUT2D eigenvalue weighted by Gasteiger charge is 2.24. The van der Waals surface area contributed by atoms with Crippen molar-refractivity contribution in [1.82, 2.24) is 9.88 Å². The third-order valence-corrected chi connectivity index (χ3v) is 5.58. The largest absolute Gasteiger partial charge is 0.497 e. The Morgan fingerprint density at radius 2 is 1.86 bits per heavy atom. The maximum atomic E-state index is 12.4. The minimum atomic E-state index is -0.128. The Morgan fingerprint density at radius 1 is 1.10 bits per heavy atom. The van der Waals surface area contributed by atoms with E-state index in [0.29, 0.717) is 10.1 Å². The van der Waals surface area contributed by atoms with Crippen LogP contribution in [0.15, 0.2) is 70.7 Å². The summed E-state index contributed by atoms with van der Waals surface area (Å²) in [5.74, 6) is 0.692. The van der Waals surface area contributed by atoms with Gasteiger partial charge in [0.25, 0.3) is 5.91 Å². The van der Waals surface area contributed by atoms with Gasteiger partial charge in [-0.25, -0.2) is 4.99 Å². The topological polar surface area (TPSA) is 55.6 Å². The summed E-state index contributed by atoms with van der Waals surface area (Å²) in [5.41, 5.74) is 5.02. The Morgan fingerprint density at radius 3 is 2.59 bits per heavy atom. The fraction of sp³-hybridized carbons (Fsp3) is 0.130. The molecule has 6 heteroatoms. The summed E-state index contributed by atoms with van der Waals surface area (Å²) in [5, 5.41) is 3.45. The Labute approximate surface area is 174 Å². The van der Waals surface area contributed by atoms with Crippen molar-refractivity contribution >= 4 is 34.6 Å². The Balaban J connectivity index is 1.58. The van der Waals surface area contributed by atoms with Crippen LogP contribution in [0.25, 0.3) is 11.8 Å². The summed E-state index contributed by atoms with van der Waals surface area (Å²) < 4.78 is 7.31. The molecular weight excluding hydrogens is 382 g/mol. The van der Waals surface area contributed by atoms with E-state index in [1.165, 1.54) is 11.8 Å². The van der Waals surface area contributed by atoms with Crippen molar-refractivity contribution in [3.63, 3.8) is 0 Å². The molecule has 1 aliphatic heterocycles. The van der Waals surface area contributed by atoms with Crippen LogP contribution in [0.4, 0.5) is 5.69 Å². The lowest BCUT2D eigenvalue weighted by Crippen LogP contribution is -2.19. The van der Waals surface area contributed by atoms with Gasteiger partial charge in [-0.1, -0.05) is 18.2 Å². The lowest BCUT2D eigenvalue weighted by molar-refractivity contribution is -0.115. The minimum Gasteiger partial charge on any atom is -0.497 e. The van der Waals surface area contributed by atoms with Gasteiger partial charge in [0, 0.05) is 17.6 Å². The summed E-state index contributed by atoms with van der Waals surface area (Å²) in [4.78, 5) is 17.6. The first-order valence-corrected chi connectivity index (χ1v) is 10.0. The lowest BCUT2D eigenvalue weighted by atomic mass is 10.2. The van der Waals surface area contributed by atoms with Crippen LogP contribution in [-0.2, 0) is 4.79 Å². The average Bonchev–Trinajstić information content (AvgIpc) is 3.25. The van der Waals surface area contributed by atoms with Gasteiger partial charge >= 0.3 is 0 Å². The van der Waals surface area contributed by atoms with Gasteiger partial charge in [-0.3, -0.25) is 4.79 Å². The van der Waals surface area contributed by atoms with Crippen molar-refractivity contribution in [2.75, 3.05) is 7.11 Å². The van der Waals surface area contributed by atoms with Crippen molar-refractivity contribution in [2.24, 2.45) is 4.99 Å². The van der Waals surface area contributed by atoms with Crippen LogP contribution < -0.4 is 10.1 Å². The van der Waals surface area contributed by atoms with E-state index < -0.39 is 0 Å². The molecule has 0 saturated carbocycles. The van der Waals surface area contributed by atoms with Gasteiger partial charge in [0.1, 0.15) is 5.75 Å². The molecule has 146 valence electrons. The number of methoxy groups -OCH3 is 1. The molecule has 1 saturated heterocycles. The molecule has 1 aromatic heterocycles. The van der Waals surface area contributed by atoms with Crippen molar-refractivity contribution in [3.05, 3.63) is 82.5 Å². The number of para-hydroxylation sites is 1. The number of rotatable bonds is 4.